The summed E-state index contributed by atoms with van der Waals surface area (Å²) in [5.74, 6) is -0.0293. The summed E-state index contributed by atoms with van der Waals surface area (Å²) in [7, 11) is 0. The van der Waals surface area contributed by atoms with Gasteiger partial charge >= 0.3 is 5.97 Å². The van der Waals surface area contributed by atoms with Crippen LogP contribution in [-0.2, 0) is 13.0 Å². The number of aromatic nitrogens is 2. The summed E-state index contributed by atoms with van der Waals surface area (Å²) in [6, 6.07) is 14.7. The fraction of sp³-hybridized carbons (Fsp3) is 0.111. The predicted octanol–water partition coefficient (Wildman–Crippen LogP) is 2.80. The Labute approximate surface area is 134 Å². The van der Waals surface area contributed by atoms with Crippen molar-refractivity contribution in [2.24, 2.45) is 0 Å². The molecule has 116 valence electrons. The van der Waals surface area contributed by atoms with Crippen LogP contribution in [0, 0.1) is 0 Å². The lowest BCUT2D eigenvalue weighted by Gasteiger charge is -2.10. The third-order valence-electron chi connectivity index (χ3n) is 3.73. The fourth-order valence-corrected chi connectivity index (χ4v) is 2.52. The van der Waals surface area contributed by atoms with Crippen LogP contribution in [0.5, 0.6) is 0 Å². The lowest BCUT2D eigenvalue weighted by molar-refractivity contribution is 0.0696. The Hall–Kier alpha value is -3.08. The van der Waals surface area contributed by atoms with E-state index in [1.165, 1.54) is 0 Å². The average Bonchev–Trinajstić information content (AvgIpc) is 2.97. The van der Waals surface area contributed by atoms with Crippen molar-refractivity contribution in [3.63, 3.8) is 0 Å². The second-order valence-corrected chi connectivity index (χ2v) is 5.35. The number of rotatable bonds is 5. The smallest absolute Gasteiger partial charge is 0.335 e. The van der Waals surface area contributed by atoms with Crippen LogP contribution in [0.1, 0.15) is 27.3 Å². The van der Waals surface area contributed by atoms with Crippen molar-refractivity contribution in [1.82, 2.24) is 9.55 Å². The Balaban J connectivity index is 1.83. The molecule has 0 atom stereocenters. The molecule has 0 aliphatic heterocycles. The number of para-hydroxylation sites is 1. The largest absolute Gasteiger partial charge is 0.478 e. The van der Waals surface area contributed by atoms with Crippen LogP contribution >= 0.6 is 0 Å². The maximum Gasteiger partial charge on any atom is 0.335 e. The van der Waals surface area contributed by atoms with Crippen LogP contribution in [0.2, 0.25) is 0 Å². The molecule has 0 fully saturated rings. The molecular weight excluding hydrogens is 290 g/mol. The van der Waals surface area contributed by atoms with Crippen LogP contribution in [0.3, 0.4) is 0 Å². The first-order valence-electron chi connectivity index (χ1n) is 7.29. The zero-order chi connectivity index (χ0) is 16.2. The third-order valence-corrected chi connectivity index (χ3v) is 3.73. The van der Waals surface area contributed by atoms with Crippen molar-refractivity contribution in [3.8, 4) is 0 Å². The van der Waals surface area contributed by atoms with Crippen LogP contribution in [0.25, 0.3) is 0 Å². The Morgan fingerprint density at radius 2 is 2.00 bits per heavy atom. The molecule has 1 aromatic heterocycles. The van der Waals surface area contributed by atoms with Gasteiger partial charge in [-0.1, -0.05) is 30.3 Å². The zero-order valence-electron chi connectivity index (χ0n) is 12.5. The van der Waals surface area contributed by atoms with Crippen LogP contribution in [0.4, 0.5) is 5.69 Å². The van der Waals surface area contributed by atoms with Gasteiger partial charge in [0.05, 0.1) is 5.56 Å². The van der Waals surface area contributed by atoms with Crippen LogP contribution < -0.4 is 5.73 Å². The van der Waals surface area contributed by atoms with Crippen molar-refractivity contribution in [1.29, 1.82) is 0 Å². The van der Waals surface area contributed by atoms with Crippen molar-refractivity contribution >= 4 is 11.7 Å². The number of aromatic carboxylic acids is 1. The molecule has 0 amide bonds. The van der Waals surface area contributed by atoms with Gasteiger partial charge in [-0.15, -0.1) is 0 Å². The molecule has 2 aromatic carbocycles. The summed E-state index contributed by atoms with van der Waals surface area (Å²) in [6.07, 6.45) is 4.27. The van der Waals surface area contributed by atoms with E-state index in [0.29, 0.717) is 13.0 Å². The van der Waals surface area contributed by atoms with E-state index in [1.54, 1.807) is 24.4 Å². The van der Waals surface area contributed by atoms with Crippen LogP contribution in [-0.4, -0.2) is 20.6 Å². The number of carboxylic acids is 1. The molecule has 0 saturated carbocycles. The van der Waals surface area contributed by atoms with Gasteiger partial charge in [0, 0.05) is 31.0 Å². The topological polar surface area (TPSA) is 81.1 Å². The maximum absolute atomic E-state index is 11.1. The lowest BCUT2D eigenvalue weighted by atomic mass is 10.1. The van der Waals surface area contributed by atoms with E-state index >= 15 is 0 Å². The molecule has 3 N–H and O–H groups in total. The summed E-state index contributed by atoms with van der Waals surface area (Å²) < 4.78 is 2.01. The second kappa shape index (κ2) is 6.36. The first-order valence-corrected chi connectivity index (χ1v) is 7.29. The maximum atomic E-state index is 11.1. The summed E-state index contributed by atoms with van der Waals surface area (Å²) in [4.78, 5) is 15.5. The number of anilines is 1. The van der Waals surface area contributed by atoms with E-state index < -0.39 is 5.97 Å². The molecule has 23 heavy (non-hydrogen) atoms. The molecule has 5 nitrogen and oxygen atoms in total. The third kappa shape index (κ3) is 3.40. The highest BCUT2D eigenvalue weighted by molar-refractivity contribution is 5.87. The van der Waals surface area contributed by atoms with Crippen molar-refractivity contribution in [2.75, 3.05) is 5.73 Å². The molecule has 3 aromatic rings. The zero-order valence-corrected chi connectivity index (χ0v) is 12.5. The van der Waals surface area contributed by atoms with Gasteiger partial charge in [0.1, 0.15) is 5.82 Å². The Bertz CT molecular complexity index is 840. The summed E-state index contributed by atoms with van der Waals surface area (Å²) in [6.45, 7) is 0.573. The van der Waals surface area contributed by atoms with E-state index in [0.717, 1.165) is 22.6 Å². The molecular formula is C18H17N3O2. The highest BCUT2D eigenvalue weighted by atomic mass is 16.4. The van der Waals surface area contributed by atoms with Gasteiger partial charge in [0.2, 0.25) is 0 Å². The molecule has 0 bridgehead atoms. The highest BCUT2D eigenvalue weighted by Crippen LogP contribution is 2.16. The van der Waals surface area contributed by atoms with Crippen LogP contribution in [0.15, 0.2) is 60.9 Å². The Kier molecular flexibility index (Phi) is 4.10. The van der Waals surface area contributed by atoms with Gasteiger partial charge < -0.3 is 15.4 Å². The molecule has 0 saturated heterocycles. The fourth-order valence-electron chi connectivity index (χ4n) is 2.52. The van der Waals surface area contributed by atoms with Gasteiger partial charge in [0.25, 0.3) is 0 Å². The molecule has 3 rings (SSSR count). The van der Waals surface area contributed by atoms with Gasteiger partial charge in [-0.05, 0) is 29.3 Å². The summed E-state index contributed by atoms with van der Waals surface area (Å²) >= 11 is 0. The highest BCUT2D eigenvalue weighted by Gasteiger charge is 2.08. The molecule has 1 heterocycles. The van der Waals surface area contributed by atoms with Crippen molar-refractivity contribution in [2.45, 2.75) is 13.0 Å². The molecule has 0 radical (unpaired) electrons. The number of carbonyl (C=O) groups is 1. The Morgan fingerprint density at radius 3 is 2.78 bits per heavy atom. The number of carboxylic acid groups (broad SMARTS) is 1. The standard InChI is InChI=1S/C18H17N3O2/c19-16-7-2-1-5-14(16)11-17-20-8-9-21(17)12-13-4-3-6-15(10-13)18(22)23/h1-10H,11-12,19H2,(H,22,23). The van der Waals surface area contributed by atoms with Gasteiger partial charge in [0.15, 0.2) is 0 Å². The van der Waals surface area contributed by atoms with Gasteiger partial charge in [-0.2, -0.15) is 0 Å². The minimum absolute atomic E-state index is 0.288. The van der Waals surface area contributed by atoms with E-state index in [2.05, 4.69) is 4.98 Å². The van der Waals surface area contributed by atoms with E-state index in [9.17, 15) is 4.79 Å². The van der Waals surface area contributed by atoms with Gasteiger partial charge in [-0.3, -0.25) is 0 Å². The number of hydrogen-bond donors (Lipinski definition) is 2. The number of nitrogens with zero attached hydrogens (tertiary/aromatic N) is 2. The number of benzene rings is 2. The number of imidazole rings is 1. The molecule has 0 aliphatic rings. The lowest BCUT2D eigenvalue weighted by Crippen LogP contribution is -2.07. The number of nitrogen functional groups attached to an aromatic ring is 1. The average molecular weight is 307 g/mol. The molecule has 0 aliphatic carbocycles. The molecule has 5 heteroatoms. The summed E-state index contributed by atoms with van der Waals surface area (Å²) in [5, 5.41) is 9.08. The first kappa shape index (κ1) is 14.8. The van der Waals surface area contributed by atoms with Crippen molar-refractivity contribution in [3.05, 3.63) is 83.4 Å². The Morgan fingerprint density at radius 1 is 1.17 bits per heavy atom. The number of hydrogen-bond acceptors (Lipinski definition) is 3. The number of nitrogens with two attached hydrogens (primary N) is 1. The minimum Gasteiger partial charge on any atom is -0.478 e. The quantitative estimate of drug-likeness (QED) is 0.710. The SMILES string of the molecule is Nc1ccccc1Cc1nccn1Cc1cccc(C(=O)O)c1. The summed E-state index contributed by atoms with van der Waals surface area (Å²) in [5.41, 5.74) is 8.97. The normalized spacial score (nSPS) is 10.6. The van der Waals surface area contributed by atoms with Gasteiger partial charge in [-0.25, -0.2) is 9.78 Å². The minimum atomic E-state index is -0.922. The van der Waals surface area contributed by atoms with E-state index in [1.807, 2.05) is 41.1 Å². The van der Waals surface area contributed by atoms with E-state index in [-0.39, 0.29) is 5.56 Å². The molecule has 0 unspecified atom stereocenters. The predicted molar refractivity (Wildman–Crippen MR) is 88.4 cm³/mol. The monoisotopic (exact) mass is 307 g/mol. The first-order chi connectivity index (χ1) is 11.1. The molecule has 0 spiro atoms. The van der Waals surface area contributed by atoms with E-state index in [4.69, 9.17) is 10.8 Å². The van der Waals surface area contributed by atoms with Crippen molar-refractivity contribution < 1.29 is 9.90 Å². The second-order valence-electron chi connectivity index (χ2n) is 5.35.